The van der Waals surface area contributed by atoms with Gasteiger partial charge in [-0.1, -0.05) is 12.1 Å². The molecule has 0 spiro atoms. The van der Waals surface area contributed by atoms with Crippen molar-refractivity contribution in [3.8, 4) is 5.75 Å². The number of alkyl carbamates (subject to hydrolysis) is 1. The first-order valence-electron chi connectivity index (χ1n) is 7.75. The zero-order valence-electron chi connectivity index (χ0n) is 14.2. The van der Waals surface area contributed by atoms with E-state index in [9.17, 15) is 15.0 Å². The van der Waals surface area contributed by atoms with Crippen LogP contribution in [0.4, 0.5) is 4.79 Å². The molecular weight excluding hydrogens is 298 g/mol. The van der Waals surface area contributed by atoms with Gasteiger partial charge in [0.05, 0.1) is 25.4 Å². The molecule has 1 amide bonds. The van der Waals surface area contributed by atoms with Crippen LogP contribution in [0.25, 0.3) is 0 Å². The fourth-order valence-electron chi connectivity index (χ4n) is 2.01. The molecule has 0 radical (unpaired) electrons. The Bertz CT molecular complexity index is 481. The van der Waals surface area contributed by atoms with Gasteiger partial charge in [-0.2, -0.15) is 0 Å². The molecule has 0 aliphatic rings. The highest BCUT2D eigenvalue weighted by molar-refractivity contribution is 5.68. The van der Waals surface area contributed by atoms with E-state index in [4.69, 9.17) is 9.47 Å². The van der Waals surface area contributed by atoms with Crippen molar-refractivity contribution in [2.24, 2.45) is 0 Å². The van der Waals surface area contributed by atoms with Gasteiger partial charge < -0.3 is 25.0 Å². The van der Waals surface area contributed by atoms with Crippen molar-refractivity contribution >= 4 is 6.09 Å². The third kappa shape index (κ3) is 7.34. The number of benzene rings is 1. The highest BCUT2D eigenvalue weighted by Gasteiger charge is 2.24. The van der Waals surface area contributed by atoms with Crippen LogP contribution < -0.4 is 10.1 Å². The summed E-state index contributed by atoms with van der Waals surface area (Å²) in [6, 6.07) is 6.73. The number of amides is 1. The Kier molecular flexibility index (Phi) is 7.32. The molecule has 1 aromatic rings. The number of rotatable bonds is 7. The number of aliphatic hydroxyl groups excluding tert-OH is 2. The van der Waals surface area contributed by atoms with Crippen LogP contribution in [0.5, 0.6) is 5.75 Å². The van der Waals surface area contributed by atoms with Crippen LogP contribution in [0, 0.1) is 0 Å². The van der Waals surface area contributed by atoms with Crippen molar-refractivity contribution in [1.82, 2.24) is 5.32 Å². The maximum Gasteiger partial charge on any atom is 0.407 e. The number of ether oxygens (including phenoxy) is 2. The van der Waals surface area contributed by atoms with Gasteiger partial charge in [0, 0.05) is 0 Å². The molecule has 1 aromatic carbocycles. The van der Waals surface area contributed by atoms with Gasteiger partial charge in [0.1, 0.15) is 11.4 Å². The summed E-state index contributed by atoms with van der Waals surface area (Å²) in [5.41, 5.74) is 0.278. The first kappa shape index (κ1) is 19.3. The maximum absolute atomic E-state index is 11.9. The van der Waals surface area contributed by atoms with Crippen molar-refractivity contribution in [2.75, 3.05) is 13.2 Å². The highest BCUT2D eigenvalue weighted by Crippen LogP contribution is 2.15. The average Bonchev–Trinajstić information content (AvgIpc) is 2.46. The molecule has 0 saturated heterocycles. The van der Waals surface area contributed by atoms with E-state index in [1.54, 1.807) is 20.8 Å². The molecule has 0 fully saturated rings. The van der Waals surface area contributed by atoms with Crippen LogP contribution in [0.2, 0.25) is 0 Å². The molecule has 1 rings (SSSR count). The van der Waals surface area contributed by atoms with E-state index in [2.05, 4.69) is 5.32 Å². The molecule has 0 aliphatic heterocycles. The number of carbonyl (C=O) groups is 1. The van der Waals surface area contributed by atoms with Crippen LogP contribution in [0.1, 0.15) is 33.3 Å². The van der Waals surface area contributed by atoms with Gasteiger partial charge >= 0.3 is 6.09 Å². The fourth-order valence-corrected chi connectivity index (χ4v) is 2.01. The molecule has 0 saturated carbocycles. The van der Waals surface area contributed by atoms with E-state index in [-0.39, 0.29) is 0 Å². The van der Waals surface area contributed by atoms with Crippen LogP contribution in [0.15, 0.2) is 24.3 Å². The lowest BCUT2D eigenvalue weighted by molar-refractivity contribution is 0.0320. The van der Waals surface area contributed by atoms with Crippen LogP contribution >= 0.6 is 0 Å². The van der Waals surface area contributed by atoms with E-state index in [0.717, 1.165) is 11.3 Å². The Balaban J connectivity index is 2.72. The molecule has 6 nitrogen and oxygen atoms in total. The summed E-state index contributed by atoms with van der Waals surface area (Å²) in [5.74, 6) is 0.760. The lowest BCUT2D eigenvalue weighted by Gasteiger charge is -2.26. The largest absolute Gasteiger partial charge is 0.494 e. The Labute approximate surface area is 137 Å². The van der Waals surface area contributed by atoms with Gasteiger partial charge in [-0.15, -0.1) is 0 Å². The van der Waals surface area contributed by atoms with Gasteiger partial charge in [-0.3, -0.25) is 0 Å². The summed E-state index contributed by atoms with van der Waals surface area (Å²) in [5, 5.41) is 21.7. The second-order valence-corrected chi connectivity index (χ2v) is 6.28. The zero-order valence-corrected chi connectivity index (χ0v) is 14.2. The highest BCUT2D eigenvalue weighted by atomic mass is 16.6. The van der Waals surface area contributed by atoms with E-state index < -0.39 is 30.4 Å². The second-order valence-electron chi connectivity index (χ2n) is 6.28. The third-order valence-electron chi connectivity index (χ3n) is 3.04. The van der Waals surface area contributed by atoms with Gasteiger partial charge in [0.15, 0.2) is 0 Å². The number of carbonyl (C=O) groups excluding carboxylic acids is 1. The minimum atomic E-state index is -1.07. The van der Waals surface area contributed by atoms with Crippen LogP contribution in [0.3, 0.4) is 0 Å². The minimum Gasteiger partial charge on any atom is -0.494 e. The lowest BCUT2D eigenvalue weighted by atomic mass is 10.0. The van der Waals surface area contributed by atoms with Gasteiger partial charge in [0.25, 0.3) is 0 Å². The molecule has 2 atom stereocenters. The number of nitrogens with one attached hydrogen (secondary N) is 1. The normalized spacial score (nSPS) is 14.0. The predicted octanol–water partition coefficient (Wildman–Crippen LogP) is 1.87. The van der Waals surface area contributed by atoms with E-state index in [0.29, 0.717) is 13.0 Å². The third-order valence-corrected chi connectivity index (χ3v) is 3.04. The van der Waals surface area contributed by atoms with Gasteiger partial charge in [-0.05, 0) is 51.8 Å². The summed E-state index contributed by atoms with van der Waals surface area (Å²) in [6.07, 6.45) is -1.33. The molecule has 0 heterocycles. The fraction of sp³-hybridized carbons (Fsp3) is 0.588. The maximum atomic E-state index is 11.9. The number of aliphatic hydroxyl groups is 2. The van der Waals surface area contributed by atoms with Crippen molar-refractivity contribution in [3.05, 3.63) is 29.8 Å². The number of hydrogen-bond acceptors (Lipinski definition) is 5. The number of hydrogen-bond donors (Lipinski definition) is 3. The molecule has 130 valence electrons. The zero-order chi connectivity index (χ0) is 17.5. The topological polar surface area (TPSA) is 88.0 Å². The Morgan fingerprint density at radius 3 is 2.35 bits per heavy atom. The van der Waals surface area contributed by atoms with Crippen molar-refractivity contribution in [3.63, 3.8) is 0 Å². The summed E-state index contributed by atoms with van der Waals surface area (Å²) >= 11 is 0. The van der Waals surface area contributed by atoms with Gasteiger partial charge in [-0.25, -0.2) is 4.79 Å². The summed E-state index contributed by atoms with van der Waals surface area (Å²) < 4.78 is 10.6. The summed E-state index contributed by atoms with van der Waals surface area (Å²) in [7, 11) is 0. The Morgan fingerprint density at radius 2 is 1.87 bits per heavy atom. The van der Waals surface area contributed by atoms with E-state index >= 15 is 0 Å². The van der Waals surface area contributed by atoms with Crippen molar-refractivity contribution in [1.29, 1.82) is 0 Å². The van der Waals surface area contributed by atoms with E-state index in [1.807, 2.05) is 31.2 Å². The minimum absolute atomic E-state index is 0.368. The first-order valence-corrected chi connectivity index (χ1v) is 7.75. The molecule has 3 N–H and O–H groups in total. The molecular formula is C17H27NO5. The van der Waals surface area contributed by atoms with E-state index in [1.165, 1.54) is 0 Å². The lowest BCUT2D eigenvalue weighted by Crippen LogP contribution is -2.48. The van der Waals surface area contributed by atoms with Crippen LogP contribution in [-0.4, -0.2) is 47.3 Å². The summed E-state index contributed by atoms with van der Waals surface area (Å²) in [6.45, 7) is 7.33. The van der Waals surface area contributed by atoms with Crippen molar-refractivity contribution < 1.29 is 24.5 Å². The standard InChI is InChI=1S/C17H27NO5/c1-5-22-13-8-6-12(7-9-13)10-14(15(20)11-19)18-16(21)23-17(2,3)4/h6-9,14-15,19-20H,5,10-11H2,1-4H3,(H,18,21)/t14-,15?/m0/s1. The molecule has 0 bridgehead atoms. The molecule has 6 heteroatoms. The Hall–Kier alpha value is -1.79. The quantitative estimate of drug-likeness (QED) is 0.712. The smallest absolute Gasteiger partial charge is 0.407 e. The van der Waals surface area contributed by atoms with Crippen LogP contribution in [-0.2, 0) is 11.2 Å². The predicted molar refractivity (Wildman–Crippen MR) is 87.6 cm³/mol. The molecule has 1 unspecified atom stereocenters. The summed E-state index contributed by atoms with van der Waals surface area (Å²) in [4.78, 5) is 11.9. The SMILES string of the molecule is CCOc1ccc(C[C@H](NC(=O)OC(C)(C)C)C(O)CO)cc1. The first-order chi connectivity index (χ1) is 10.7. The molecule has 0 aromatic heterocycles. The Morgan fingerprint density at radius 1 is 1.26 bits per heavy atom. The molecule has 23 heavy (non-hydrogen) atoms. The van der Waals surface area contributed by atoms with Gasteiger partial charge in [0.2, 0.25) is 0 Å². The van der Waals surface area contributed by atoms with Crippen molar-refractivity contribution in [2.45, 2.75) is 51.9 Å². The average molecular weight is 325 g/mol. The monoisotopic (exact) mass is 325 g/mol. The second kappa shape index (κ2) is 8.74. The molecule has 0 aliphatic carbocycles.